The van der Waals surface area contributed by atoms with Gasteiger partial charge < -0.3 is 10.2 Å². The van der Waals surface area contributed by atoms with Gasteiger partial charge in [0.15, 0.2) is 5.84 Å². The number of carbonyl (C=O) groups is 1. The highest BCUT2D eigenvalue weighted by Gasteiger charge is 2.37. The first-order valence-electron chi connectivity index (χ1n) is 9.98. The van der Waals surface area contributed by atoms with Gasteiger partial charge in [-0.25, -0.2) is 0 Å². The van der Waals surface area contributed by atoms with Crippen molar-refractivity contribution in [3.63, 3.8) is 0 Å². The lowest BCUT2D eigenvalue weighted by atomic mass is 9.99. The minimum Gasteiger partial charge on any atom is -0.343 e. The molecule has 1 amide bonds. The first kappa shape index (κ1) is 19.6. The molecule has 0 spiro atoms. The minimum atomic E-state index is -3.71. The van der Waals surface area contributed by atoms with E-state index in [1.165, 1.54) is 5.56 Å². The van der Waals surface area contributed by atoms with Crippen LogP contribution in [0.5, 0.6) is 0 Å². The maximum Gasteiger partial charge on any atom is 0.285 e. The van der Waals surface area contributed by atoms with Crippen molar-refractivity contribution in [2.45, 2.75) is 50.0 Å². The number of amidine groups is 1. The third-order valence-corrected chi connectivity index (χ3v) is 6.86. The van der Waals surface area contributed by atoms with Crippen molar-refractivity contribution in [2.24, 2.45) is 4.40 Å². The van der Waals surface area contributed by atoms with Crippen LogP contribution in [0.1, 0.15) is 50.2 Å². The fourth-order valence-electron chi connectivity index (χ4n) is 3.93. The van der Waals surface area contributed by atoms with Gasteiger partial charge in [-0.1, -0.05) is 38.1 Å². The Morgan fingerprint density at radius 1 is 1.10 bits per heavy atom. The number of benzene rings is 2. The third-order valence-electron chi connectivity index (χ3n) is 5.53. The zero-order valence-corrected chi connectivity index (χ0v) is 17.4. The van der Waals surface area contributed by atoms with Crippen molar-refractivity contribution in [3.05, 3.63) is 59.7 Å². The zero-order chi connectivity index (χ0) is 20.6. The number of amides is 1. The van der Waals surface area contributed by atoms with Crippen LogP contribution in [-0.2, 0) is 14.8 Å². The number of nitrogens with one attached hydrogen (secondary N) is 1. The number of rotatable bonds is 3. The molecule has 1 atom stereocenters. The number of nitrogens with zero attached hydrogens (tertiary/aromatic N) is 2. The maximum absolute atomic E-state index is 13.1. The van der Waals surface area contributed by atoms with Crippen LogP contribution in [0.25, 0.3) is 0 Å². The lowest BCUT2D eigenvalue weighted by Gasteiger charge is -2.36. The lowest BCUT2D eigenvalue weighted by Crippen LogP contribution is -2.50. The third kappa shape index (κ3) is 3.79. The normalized spacial score (nSPS) is 20.3. The van der Waals surface area contributed by atoms with Crippen LogP contribution in [0.15, 0.2) is 57.8 Å². The SMILES string of the molecule is CC(C)c1ccc(NC(=O)[C@@H]2CCCCN2C2=NS(=O)(=O)c3ccccc32)cc1. The molecule has 7 heteroatoms. The summed E-state index contributed by atoms with van der Waals surface area (Å²) in [6.07, 6.45) is 2.48. The molecule has 0 bridgehead atoms. The molecule has 1 fully saturated rings. The van der Waals surface area contributed by atoms with Gasteiger partial charge in [0.2, 0.25) is 5.91 Å². The van der Waals surface area contributed by atoms with Crippen LogP contribution < -0.4 is 5.32 Å². The lowest BCUT2D eigenvalue weighted by molar-refractivity contribution is -0.120. The van der Waals surface area contributed by atoms with Gasteiger partial charge in [-0.3, -0.25) is 4.79 Å². The summed E-state index contributed by atoms with van der Waals surface area (Å²) in [5, 5.41) is 2.99. The Morgan fingerprint density at radius 3 is 2.55 bits per heavy atom. The first-order chi connectivity index (χ1) is 13.9. The van der Waals surface area contributed by atoms with Crippen LogP contribution in [0.4, 0.5) is 5.69 Å². The summed E-state index contributed by atoms with van der Waals surface area (Å²) in [6.45, 7) is 4.86. The number of likely N-dealkylation sites (tertiary alicyclic amines) is 1. The Morgan fingerprint density at radius 2 is 1.83 bits per heavy atom. The molecule has 0 unspecified atom stereocenters. The summed E-state index contributed by atoms with van der Waals surface area (Å²) in [5.41, 5.74) is 2.53. The van der Waals surface area contributed by atoms with Gasteiger partial charge >= 0.3 is 0 Å². The molecule has 152 valence electrons. The second kappa shape index (κ2) is 7.63. The summed E-state index contributed by atoms with van der Waals surface area (Å²) in [5.74, 6) is 0.679. The van der Waals surface area contributed by atoms with E-state index in [1.54, 1.807) is 24.3 Å². The van der Waals surface area contributed by atoms with E-state index in [4.69, 9.17) is 0 Å². The summed E-state index contributed by atoms with van der Waals surface area (Å²) >= 11 is 0. The van der Waals surface area contributed by atoms with Gasteiger partial charge in [0, 0.05) is 17.8 Å². The van der Waals surface area contributed by atoms with E-state index >= 15 is 0 Å². The van der Waals surface area contributed by atoms with Crippen molar-refractivity contribution in [1.29, 1.82) is 0 Å². The monoisotopic (exact) mass is 411 g/mol. The molecule has 2 heterocycles. The highest BCUT2D eigenvalue weighted by atomic mass is 32.2. The van der Waals surface area contributed by atoms with Gasteiger partial charge in [-0.2, -0.15) is 8.42 Å². The fraction of sp³-hybridized carbons (Fsp3) is 0.364. The highest BCUT2D eigenvalue weighted by Crippen LogP contribution is 2.31. The van der Waals surface area contributed by atoms with E-state index in [0.29, 0.717) is 30.3 Å². The Kier molecular flexibility index (Phi) is 5.17. The summed E-state index contributed by atoms with van der Waals surface area (Å²) < 4.78 is 28.9. The van der Waals surface area contributed by atoms with E-state index in [2.05, 4.69) is 23.6 Å². The number of hydrogen-bond donors (Lipinski definition) is 1. The van der Waals surface area contributed by atoms with Crippen molar-refractivity contribution < 1.29 is 13.2 Å². The summed E-state index contributed by atoms with van der Waals surface area (Å²) in [6, 6.07) is 14.2. The minimum absolute atomic E-state index is 0.133. The standard InChI is InChI=1S/C22H25N3O3S/c1-15(2)16-10-12-17(13-11-16)23-22(26)19-8-5-6-14-25(19)21-18-7-3-4-9-20(18)29(27,28)24-21/h3-4,7,9-13,15,19H,5-6,8,14H2,1-2H3,(H,23,26)/t19-/m0/s1. The molecule has 2 aromatic carbocycles. The Hall–Kier alpha value is -2.67. The summed E-state index contributed by atoms with van der Waals surface area (Å²) in [4.78, 5) is 15.1. The van der Waals surface area contributed by atoms with Crippen molar-refractivity contribution in [3.8, 4) is 0 Å². The van der Waals surface area contributed by atoms with E-state index in [1.807, 2.05) is 29.2 Å². The molecule has 0 aliphatic carbocycles. The van der Waals surface area contributed by atoms with Crippen LogP contribution >= 0.6 is 0 Å². The average molecular weight is 412 g/mol. The summed E-state index contributed by atoms with van der Waals surface area (Å²) in [7, 11) is -3.71. The number of carbonyl (C=O) groups excluding carboxylic acids is 1. The Balaban J connectivity index is 1.59. The number of piperidine rings is 1. The molecular weight excluding hydrogens is 386 g/mol. The van der Waals surface area contributed by atoms with Gasteiger partial charge in [0.25, 0.3) is 10.0 Å². The molecule has 29 heavy (non-hydrogen) atoms. The first-order valence-corrected chi connectivity index (χ1v) is 11.4. The number of fused-ring (bicyclic) bond motifs is 1. The molecule has 0 aromatic heterocycles. The highest BCUT2D eigenvalue weighted by molar-refractivity contribution is 7.90. The smallest absolute Gasteiger partial charge is 0.285 e. The fourth-order valence-corrected chi connectivity index (χ4v) is 5.15. The predicted octanol–water partition coefficient (Wildman–Crippen LogP) is 3.75. The van der Waals surface area contributed by atoms with E-state index in [-0.39, 0.29) is 10.8 Å². The molecule has 6 nitrogen and oxygen atoms in total. The number of hydrogen-bond acceptors (Lipinski definition) is 4. The van der Waals surface area contributed by atoms with E-state index in [9.17, 15) is 13.2 Å². The van der Waals surface area contributed by atoms with Crippen molar-refractivity contribution >= 4 is 27.5 Å². The molecule has 1 saturated heterocycles. The molecule has 0 saturated carbocycles. The predicted molar refractivity (Wildman–Crippen MR) is 114 cm³/mol. The van der Waals surface area contributed by atoms with Crippen LogP contribution in [0.3, 0.4) is 0 Å². The van der Waals surface area contributed by atoms with Crippen molar-refractivity contribution in [2.75, 3.05) is 11.9 Å². The molecule has 0 radical (unpaired) electrons. The van der Waals surface area contributed by atoms with Crippen LogP contribution in [0.2, 0.25) is 0 Å². The second-order valence-corrected chi connectivity index (χ2v) is 9.43. The Bertz CT molecular complexity index is 1060. The van der Waals surface area contributed by atoms with Gasteiger partial charge in [-0.05, 0) is 55.0 Å². The molecule has 2 aliphatic heterocycles. The molecular formula is C22H25N3O3S. The Labute approximate surface area is 171 Å². The van der Waals surface area contributed by atoms with Gasteiger partial charge in [-0.15, -0.1) is 4.40 Å². The van der Waals surface area contributed by atoms with E-state index < -0.39 is 16.1 Å². The molecule has 1 N–H and O–H groups in total. The topological polar surface area (TPSA) is 78.8 Å². The number of anilines is 1. The van der Waals surface area contributed by atoms with Crippen LogP contribution in [0, 0.1) is 0 Å². The molecule has 4 rings (SSSR count). The van der Waals surface area contributed by atoms with E-state index in [0.717, 1.165) is 18.5 Å². The van der Waals surface area contributed by atoms with Gasteiger partial charge in [0.05, 0.1) is 0 Å². The van der Waals surface area contributed by atoms with Gasteiger partial charge in [0.1, 0.15) is 10.9 Å². The largest absolute Gasteiger partial charge is 0.343 e. The average Bonchev–Trinajstić information content (AvgIpc) is 2.99. The second-order valence-electron chi connectivity index (χ2n) is 7.86. The van der Waals surface area contributed by atoms with Crippen molar-refractivity contribution in [1.82, 2.24) is 4.90 Å². The van der Waals surface area contributed by atoms with Crippen LogP contribution in [-0.4, -0.2) is 37.6 Å². The molecule has 2 aliphatic rings. The number of sulfonamides is 1. The quantitative estimate of drug-likeness (QED) is 0.834. The zero-order valence-electron chi connectivity index (χ0n) is 16.6. The molecule has 2 aromatic rings. The maximum atomic E-state index is 13.1.